The van der Waals surface area contributed by atoms with Gasteiger partial charge in [0, 0.05) is 19.6 Å². The van der Waals surface area contributed by atoms with Crippen molar-refractivity contribution in [1.82, 2.24) is 0 Å². The smallest absolute Gasteiger partial charge is 0.303 e. The molecular formula is C17H34O3. The molecule has 0 spiro atoms. The highest BCUT2D eigenvalue weighted by atomic mass is 16.5. The molecule has 0 aliphatic carbocycles. The first-order chi connectivity index (χ1) is 9.77. The summed E-state index contributed by atoms with van der Waals surface area (Å²) in [5, 5.41) is 8.41. The Balaban J connectivity index is 0.000000493. The molecule has 1 aliphatic rings. The molecule has 0 amide bonds. The van der Waals surface area contributed by atoms with Gasteiger partial charge in [0.05, 0.1) is 0 Å². The normalized spacial score (nSPS) is 14.4. The molecule has 3 heteroatoms. The number of ether oxygens (including phenoxy) is 1. The highest BCUT2D eigenvalue weighted by Crippen LogP contribution is 2.10. The second kappa shape index (κ2) is 16.5. The third-order valence-corrected chi connectivity index (χ3v) is 3.57. The van der Waals surface area contributed by atoms with Crippen molar-refractivity contribution in [3.8, 4) is 0 Å². The van der Waals surface area contributed by atoms with E-state index in [1.54, 1.807) is 0 Å². The third kappa shape index (κ3) is 17.4. The Bertz CT molecular complexity index is 189. The van der Waals surface area contributed by atoms with Crippen LogP contribution >= 0.6 is 0 Å². The van der Waals surface area contributed by atoms with Gasteiger partial charge in [0.1, 0.15) is 0 Å². The Kier molecular flexibility index (Phi) is 16.0. The molecule has 0 saturated carbocycles. The molecular weight excluding hydrogens is 252 g/mol. The minimum atomic E-state index is -0.659. The summed E-state index contributed by atoms with van der Waals surface area (Å²) in [5.41, 5.74) is 0. The zero-order chi connectivity index (χ0) is 14.9. The summed E-state index contributed by atoms with van der Waals surface area (Å²) in [6, 6.07) is 0. The number of hydrogen-bond donors (Lipinski definition) is 1. The summed E-state index contributed by atoms with van der Waals surface area (Å²) < 4.78 is 5.07. The molecule has 120 valence electrons. The lowest BCUT2D eigenvalue weighted by Gasteiger charge is -2.08. The summed E-state index contributed by atoms with van der Waals surface area (Å²) in [7, 11) is 0. The number of aliphatic carboxylic acids is 1. The lowest BCUT2D eigenvalue weighted by molar-refractivity contribution is -0.137. The summed E-state index contributed by atoms with van der Waals surface area (Å²) >= 11 is 0. The average Bonchev–Trinajstić information content (AvgIpc) is 2.48. The van der Waals surface area contributed by atoms with Crippen molar-refractivity contribution in [2.75, 3.05) is 13.2 Å². The third-order valence-electron chi connectivity index (χ3n) is 3.57. The lowest BCUT2D eigenvalue weighted by atomic mass is 10.1. The van der Waals surface area contributed by atoms with E-state index in [4.69, 9.17) is 9.84 Å². The van der Waals surface area contributed by atoms with Gasteiger partial charge in [0.2, 0.25) is 0 Å². The molecule has 0 unspecified atom stereocenters. The first-order valence-electron chi connectivity index (χ1n) is 8.57. The Labute approximate surface area is 125 Å². The van der Waals surface area contributed by atoms with Crippen LogP contribution in [0, 0.1) is 0 Å². The first-order valence-corrected chi connectivity index (χ1v) is 8.57. The van der Waals surface area contributed by atoms with Crippen LogP contribution in [0.5, 0.6) is 0 Å². The van der Waals surface area contributed by atoms with E-state index in [2.05, 4.69) is 6.92 Å². The molecule has 0 aromatic rings. The monoisotopic (exact) mass is 286 g/mol. The minimum Gasteiger partial charge on any atom is -0.481 e. The van der Waals surface area contributed by atoms with Crippen molar-refractivity contribution >= 4 is 5.97 Å². The molecule has 0 atom stereocenters. The number of unbranched alkanes of at least 4 members (excludes halogenated alkanes) is 8. The van der Waals surface area contributed by atoms with E-state index in [1.807, 2.05) is 0 Å². The zero-order valence-corrected chi connectivity index (χ0v) is 13.4. The predicted molar refractivity (Wildman–Crippen MR) is 84.1 cm³/mol. The molecule has 0 radical (unpaired) electrons. The van der Waals surface area contributed by atoms with Gasteiger partial charge in [0.25, 0.3) is 0 Å². The number of carbonyl (C=O) groups is 1. The van der Waals surface area contributed by atoms with Crippen molar-refractivity contribution in [2.24, 2.45) is 0 Å². The highest BCUT2D eigenvalue weighted by molar-refractivity contribution is 5.66. The van der Waals surface area contributed by atoms with E-state index in [1.165, 1.54) is 64.2 Å². The Hall–Kier alpha value is -0.570. The summed E-state index contributed by atoms with van der Waals surface area (Å²) in [5.74, 6) is -0.659. The van der Waals surface area contributed by atoms with Gasteiger partial charge in [-0.2, -0.15) is 0 Å². The molecule has 0 aromatic heterocycles. The van der Waals surface area contributed by atoms with Crippen molar-refractivity contribution < 1.29 is 14.6 Å². The van der Waals surface area contributed by atoms with E-state index in [-0.39, 0.29) is 0 Å². The largest absolute Gasteiger partial charge is 0.481 e. The average molecular weight is 286 g/mol. The minimum absolute atomic E-state index is 0.343. The fourth-order valence-corrected chi connectivity index (χ4v) is 2.27. The molecule has 0 aromatic carbocycles. The second-order valence-electron chi connectivity index (χ2n) is 5.65. The van der Waals surface area contributed by atoms with Gasteiger partial charge in [-0.3, -0.25) is 4.79 Å². The van der Waals surface area contributed by atoms with Crippen LogP contribution in [0.1, 0.15) is 90.4 Å². The maximum absolute atomic E-state index is 10.2. The predicted octanol–water partition coefficient (Wildman–Crippen LogP) is 5.18. The quantitative estimate of drug-likeness (QED) is 0.563. The maximum atomic E-state index is 10.2. The topological polar surface area (TPSA) is 46.5 Å². The molecule has 0 bridgehead atoms. The lowest BCUT2D eigenvalue weighted by Crippen LogP contribution is -2.03. The first kappa shape index (κ1) is 19.4. The molecule has 20 heavy (non-hydrogen) atoms. The highest BCUT2D eigenvalue weighted by Gasteiger charge is 1.96. The fourth-order valence-electron chi connectivity index (χ4n) is 2.27. The number of rotatable bonds is 10. The zero-order valence-electron chi connectivity index (χ0n) is 13.4. The second-order valence-corrected chi connectivity index (χ2v) is 5.65. The van der Waals surface area contributed by atoms with Gasteiger partial charge in [-0.15, -0.1) is 0 Å². The van der Waals surface area contributed by atoms with Crippen LogP contribution in [0.2, 0.25) is 0 Å². The SMILES string of the molecule is C1CCOCC1.CCCCCCCCCCCC(=O)O. The standard InChI is InChI=1S/C12H24O2.C5H10O/c1-2-3-4-5-6-7-8-9-10-11-12(13)14;1-2-4-6-5-3-1/h2-11H2,1H3,(H,13,14);1-5H2. The number of carboxylic acids is 1. The van der Waals surface area contributed by atoms with Crippen LogP contribution in [0.25, 0.3) is 0 Å². The number of hydrogen-bond acceptors (Lipinski definition) is 2. The van der Waals surface area contributed by atoms with Crippen LogP contribution < -0.4 is 0 Å². The molecule has 1 fully saturated rings. The maximum Gasteiger partial charge on any atom is 0.303 e. The van der Waals surface area contributed by atoms with Crippen LogP contribution in [-0.4, -0.2) is 24.3 Å². The van der Waals surface area contributed by atoms with Gasteiger partial charge in [-0.1, -0.05) is 58.3 Å². The van der Waals surface area contributed by atoms with E-state index in [0.717, 1.165) is 26.1 Å². The van der Waals surface area contributed by atoms with Crippen molar-refractivity contribution in [1.29, 1.82) is 0 Å². The molecule has 1 heterocycles. The summed E-state index contributed by atoms with van der Waals surface area (Å²) in [6.45, 7) is 4.23. The molecule has 1 rings (SSSR count). The van der Waals surface area contributed by atoms with Gasteiger partial charge in [0.15, 0.2) is 0 Å². The molecule has 1 saturated heterocycles. The van der Waals surface area contributed by atoms with Crippen LogP contribution in [0.4, 0.5) is 0 Å². The molecule has 1 aliphatic heterocycles. The van der Waals surface area contributed by atoms with Gasteiger partial charge in [-0.25, -0.2) is 0 Å². The Morgan fingerprint density at radius 1 is 0.850 bits per heavy atom. The van der Waals surface area contributed by atoms with Crippen molar-refractivity contribution in [3.63, 3.8) is 0 Å². The fraction of sp³-hybridized carbons (Fsp3) is 0.941. The van der Waals surface area contributed by atoms with Crippen LogP contribution in [0.3, 0.4) is 0 Å². The summed E-state index contributed by atoms with van der Waals surface area (Å²) in [4.78, 5) is 10.2. The van der Waals surface area contributed by atoms with E-state index < -0.39 is 5.97 Å². The molecule has 1 N–H and O–H groups in total. The van der Waals surface area contributed by atoms with E-state index >= 15 is 0 Å². The van der Waals surface area contributed by atoms with Crippen LogP contribution in [0.15, 0.2) is 0 Å². The van der Waals surface area contributed by atoms with Gasteiger partial charge < -0.3 is 9.84 Å². The molecule has 3 nitrogen and oxygen atoms in total. The Morgan fingerprint density at radius 2 is 1.35 bits per heavy atom. The van der Waals surface area contributed by atoms with E-state index in [9.17, 15) is 4.79 Å². The Morgan fingerprint density at radius 3 is 1.70 bits per heavy atom. The number of carboxylic acid groups (broad SMARTS) is 1. The van der Waals surface area contributed by atoms with Crippen molar-refractivity contribution in [2.45, 2.75) is 90.4 Å². The van der Waals surface area contributed by atoms with Crippen LogP contribution in [-0.2, 0) is 9.53 Å². The van der Waals surface area contributed by atoms with E-state index in [0.29, 0.717) is 6.42 Å². The summed E-state index contributed by atoms with van der Waals surface area (Å²) in [6.07, 6.45) is 15.4. The van der Waals surface area contributed by atoms with Crippen molar-refractivity contribution in [3.05, 3.63) is 0 Å². The van der Waals surface area contributed by atoms with Gasteiger partial charge >= 0.3 is 5.97 Å². The van der Waals surface area contributed by atoms with Gasteiger partial charge in [-0.05, 0) is 25.7 Å².